The second-order valence-electron chi connectivity index (χ2n) is 3.90. The Morgan fingerprint density at radius 2 is 2.05 bits per heavy atom. The minimum atomic E-state index is -0.557. The summed E-state index contributed by atoms with van der Waals surface area (Å²) >= 11 is 3.43. The van der Waals surface area contributed by atoms with Crippen molar-refractivity contribution in [1.82, 2.24) is 15.4 Å². The SMILES string of the molecule is CCOC(=O)c1n[nH]nc1-c1c(Br)ccc(OC)c1OC. The van der Waals surface area contributed by atoms with E-state index in [9.17, 15) is 4.79 Å². The zero-order valence-electron chi connectivity index (χ0n) is 11.8. The predicted molar refractivity (Wildman–Crippen MR) is 78.6 cm³/mol. The standard InChI is InChI=1S/C13H14BrN3O4/c1-4-21-13(18)11-10(15-17-16-11)9-7(14)5-6-8(19-2)12(9)20-3/h5-6H,4H2,1-3H3,(H,15,16,17). The maximum absolute atomic E-state index is 11.9. The first kappa shape index (κ1) is 15.3. The van der Waals surface area contributed by atoms with Gasteiger partial charge in [-0.15, -0.1) is 5.10 Å². The summed E-state index contributed by atoms with van der Waals surface area (Å²) in [6.45, 7) is 1.97. The molecule has 2 rings (SSSR count). The molecule has 0 aliphatic rings. The molecule has 0 aliphatic carbocycles. The molecule has 2 aromatic rings. The second kappa shape index (κ2) is 6.57. The monoisotopic (exact) mass is 355 g/mol. The normalized spacial score (nSPS) is 10.3. The van der Waals surface area contributed by atoms with Crippen molar-refractivity contribution in [3.05, 3.63) is 22.3 Å². The minimum absolute atomic E-state index is 0.0871. The molecule has 0 spiro atoms. The molecule has 0 amide bonds. The van der Waals surface area contributed by atoms with Crippen molar-refractivity contribution < 1.29 is 19.0 Å². The number of benzene rings is 1. The highest BCUT2D eigenvalue weighted by Gasteiger charge is 2.25. The number of hydrogen-bond acceptors (Lipinski definition) is 6. The van der Waals surface area contributed by atoms with E-state index in [4.69, 9.17) is 14.2 Å². The largest absolute Gasteiger partial charge is 0.493 e. The van der Waals surface area contributed by atoms with Crippen molar-refractivity contribution in [3.8, 4) is 22.8 Å². The van der Waals surface area contributed by atoms with Crippen molar-refractivity contribution in [2.45, 2.75) is 6.92 Å². The summed E-state index contributed by atoms with van der Waals surface area (Å²) in [4.78, 5) is 11.9. The molecule has 1 aromatic carbocycles. The van der Waals surface area contributed by atoms with Crippen LogP contribution in [0.2, 0.25) is 0 Å². The predicted octanol–water partition coefficient (Wildman–Crippen LogP) is 2.43. The summed E-state index contributed by atoms with van der Waals surface area (Å²) in [6, 6.07) is 3.52. The van der Waals surface area contributed by atoms with Gasteiger partial charge in [-0.2, -0.15) is 10.3 Å². The van der Waals surface area contributed by atoms with Gasteiger partial charge >= 0.3 is 5.97 Å². The van der Waals surface area contributed by atoms with Gasteiger partial charge in [0.2, 0.25) is 0 Å². The number of ether oxygens (including phenoxy) is 3. The Bertz CT molecular complexity index is 657. The zero-order valence-corrected chi connectivity index (χ0v) is 13.4. The number of halogens is 1. The molecule has 1 aromatic heterocycles. The Hall–Kier alpha value is -2.09. The van der Waals surface area contributed by atoms with Crippen LogP contribution in [0.15, 0.2) is 16.6 Å². The van der Waals surface area contributed by atoms with E-state index in [2.05, 4.69) is 31.3 Å². The molecule has 0 radical (unpaired) electrons. The quantitative estimate of drug-likeness (QED) is 0.828. The maximum Gasteiger partial charge on any atom is 0.361 e. The van der Waals surface area contributed by atoms with Crippen LogP contribution in [-0.4, -0.2) is 42.2 Å². The van der Waals surface area contributed by atoms with Gasteiger partial charge in [-0.1, -0.05) is 0 Å². The fourth-order valence-corrected chi connectivity index (χ4v) is 2.37. The minimum Gasteiger partial charge on any atom is -0.493 e. The number of hydrogen-bond donors (Lipinski definition) is 1. The zero-order chi connectivity index (χ0) is 15.4. The average molecular weight is 356 g/mol. The molecule has 8 heteroatoms. The van der Waals surface area contributed by atoms with Crippen molar-refractivity contribution in [1.29, 1.82) is 0 Å². The van der Waals surface area contributed by atoms with Gasteiger partial charge in [-0.3, -0.25) is 0 Å². The van der Waals surface area contributed by atoms with Gasteiger partial charge in [-0.25, -0.2) is 4.79 Å². The first-order valence-electron chi connectivity index (χ1n) is 6.12. The molecule has 0 atom stereocenters. The van der Waals surface area contributed by atoms with E-state index in [1.165, 1.54) is 14.2 Å². The van der Waals surface area contributed by atoms with Crippen LogP contribution in [0.1, 0.15) is 17.4 Å². The molecular formula is C13H14BrN3O4. The van der Waals surface area contributed by atoms with Crippen molar-refractivity contribution in [2.24, 2.45) is 0 Å². The number of carbonyl (C=O) groups excluding carboxylic acids is 1. The average Bonchev–Trinajstić information content (AvgIpc) is 2.96. The third kappa shape index (κ3) is 2.85. The summed E-state index contributed by atoms with van der Waals surface area (Å²) in [5, 5.41) is 10.3. The van der Waals surface area contributed by atoms with E-state index >= 15 is 0 Å². The Balaban J connectivity index is 2.62. The Morgan fingerprint density at radius 1 is 1.29 bits per heavy atom. The molecule has 0 bridgehead atoms. The van der Waals surface area contributed by atoms with Crippen LogP contribution in [0.4, 0.5) is 0 Å². The van der Waals surface area contributed by atoms with Crippen molar-refractivity contribution in [3.63, 3.8) is 0 Å². The van der Waals surface area contributed by atoms with Gasteiger partial charge in [0.15, 0.2) is 17.2 Å². The number of esters is 1. The molecule has 21 heavy (non-hydrogen) atoms. The van der Waals surface area contributed by atoms with E-state index in [0.717, 1.165) is 0 Å². The highest BCUT2D eigenvalue weighted by molar-refractivity contribution is 9.10. The molecule has 0 aliphatic heterocycles. The van der Waals surface area contributed by atoms with Crippen LogP contribution in [-0.2, 0) is 4.74 Å². The van der Waals surface area contributed by atoms with E-state index in [-0.39, 0.29) is 12.3 Å². The van der Waals surface area contributed by atoms with Crippen molar-refractivity contribution in [2.75, 3.05) is 20.8 Å². The summed E-state index contributed by atoms with van der Waals surface area (Å²) in [7, 11) is 3.04. The molecular weight excluding hydrogens is 342 g/mol. The van der Waals surface area contributed by atoms with Gasteiger partial charge < -0.3 is 14.2 Å². The molecule has 112 valence electrons. The number of nitrogens with zero attached hydrogens (tertiary/aromatic N) is 2. The van der Waals surface area contributed by atoms with Crippen LogP contribution >= 0.6 is 15.9 Å². The number of nitrogens with one attached hydrogen (secondary N) is 1. The lowest BCUT2D eigenvalue weighted by Crippen LogP contribution is -2.07. The fraction of sp³-hybridized carbons (Fsp3) is 0.308. The first-order valence-corrected chi connectivity index (χ1v) is 6.92. The Kier molecular flexibility index (Phi) is 4.79. The third-order valence-corrected chi connectivity index (χ3v) is 3.41. The lowest BCUT2D eigenvalue weighted by molar-refractivity contribution is 0.0520. The summed E-state index contributed by atoms with van der Waals surface area (Å²) in [6.07, 6.45) is 0. The number of methoxy groups -OCH3 is 2. The summed E-state index contributed by atoms with van der Waals surface area (Å²) in [5.74, 6) is 0.415. The molecule has 0 fully saturated rings. The van der Waals surface area contributed by atoms with E-state index in [1.54, 1.807) is 19.1 Å². The van der Waals surface area contributed by atoms with Gasteiger partial charge in [0.05, 0.1) is 26.4 Å². The molecule has 1 heterocycles. The third-order valence-electron chi connectivity index (χ3n) is 2.75. The van der Waals surface area contributed by atoms with E-state index < -0.39 is 5.97 Å². The number of carbonyl (C=O) groups is 1. The van der Waals surface area contributed by atoms with Crippen LogP contribution in [0.3, 0.4) is 0 Å². The molecule has 0 saturated carbocycles. The Morgan fingerprint density at radius 3 is 2.67 bits per heavy atom. The molecule has 0 unspecified atom stereocenters. The second-order valence-corrected chi connectivity index (χ2v) is 4.75. The topological polar surface area (TPSA) is 86.3 Å². The molecule has 0 saturated heterocycles. The van der Waals surface area contributed by atoms with Crippen LogP contribution < -0.4 is 9.47 Å². The molecule has 1 N–H and O–H groups in total. The smallest absolute Gasteiger partial charge is 0.361 e. The van der Waals surface area contributed by atoms with Gasteiger partial charge in [-0.05, 0) is 35.0 Å². The highest BCUT2D eigenvalue weighted by Crippen LogP contribution is 2.42. The number of aromatic nitrogens is 3. The fourth-order valence-electron chi connectivity index (χ4n) is 1.87. The van der Waals surface area contributed by atoms with Crippen molar-refractivity contribution >= 4 is 21.9 Å². The lowest BCUT2D eigenvalue weighted by Gasteiger charge is -2.13. The van der Waals surface area contributed by atoms with Gasteiger partial charge in [0, 0.05) is 4.47 Å². The summed E-state index contributed by atoms with van der Waals surface area (Å²) in [5.41, 5.74) is 0.980. The van der Waals surface area contributed by atoms with Crippen LogP contribution in [0, 0.1) is 0 Å². The number of aromatic amines is 1. The van der Waals surface area contributed by atoms with Crippen LogP contribution in [0.25, 0.3) is 11.3 Å². The van der Waals surface area contributed by atoms with Gasteiger partial charge in [0.25, 0.3) is 0 Å². The number of H-pyrrole nitrogens is 1. The van der Waals surface area contributed by atoms with E-state index in [1.807, 2.05) is 0 Å². The van der Waals surface area contributed by atoms with Crippen LogP contribution in [0.5, 0.6) is 11.5 Å². The van der Waals surface area contributed by atoms with Gasteiger partial charge in [0.1, 0.15) is 5.69 Å². The lowest BCUT2D eigenvalue weighted by atomic mass is 10.1. The molecule has 7 nitrogen and oxygen atoms in total. The maximum atomic E-state index is 11.9. The Labute approximate surface area is 129 Å². The number of rotatable bonds is 5. The summed E-state index contributed by atoms with van der Waals surface area (Å²) < 4.78 is 16.3. The van der Waals surface area contributed by atoms with E-state index in [0.29, 0.717) is 27.2 Å². The first-order chi connectivity index (χ1) is 10.1. The highest BCUT2D eigenvalue weighted by atomic mass is 79.9.